The van der Waals surface area contributed by atoms with Crippen molar-refractivity contribution in [2.24, 2.45) is 0 Å². The van der Waals surface area contributed by atoms with Crippen molar-refractivity contribution in [3.8, 4) is 0 Å². The van der Waals surface area contributed by atoms with Gasteiger partial charge in [-0.15, -0.1) is 0 Å². The Morgan fingerprint density at radius 3 is 2.56 bits per heavy atom. The van der Waals surface area contributed by atoms with E-state index in [4.69, 9.17) is 0 Å². The molecule has 4 rings (SSSR count). The number of piperidine rings is 1. The van der Waals surface area contributed by atoms with E-state index in [9.17, 15) is 14.4 Å². The minimum atomic E-state index is -0.557. The first-order valence-electron chi connectivity index (χ1n) is 8.74. The minimum absolute atomic E-state index is 0.111. The highest BCUT2D eigenvalue weighted by Crippen LogP contribution is 2.34. The molecule has 1 unspecified atom stereocenters. The molecule has 1 aromatic carbocycles. The molecule has 3 amide bonds. The first-order chi connectivity index (χ1) is 12.0. The Balaban J connectivity index is 1.60. The van der Waals surface area contributed by atoms with Gasteiger partial charge in [-0.25, -0.2) is 0 Å². The molecule has 132 valence electrons. The summed E-state index contributed by atoms with van der Waals surface area (Å²) in [7, 11) is 2.11. The molecule has 0 spiro atoms. The molecule has 3 heterocycles. The van der Waals surface area contributed by atoms with Crippen molar-refractivity contribution < 1.29 is 14.4 Å². The number of carbonyl (C=O) groups excluding carboxylic acids is 3. The Hall–Kier alpha value is -2.41. The second kappa shape index (κ2) is 6.15. The summed E-state index contributed by atoms with van der Waals surface area (Å²) in [5.41, 5.74) is 2.77. The van der Waals surface area contributed by atoms with E-state index >= 15 is 0 Å². The quantitative estimate of drug-likeness (QED) is 0.778. The van der Waals surface area contributed by atoms with Crippen molar-refractivity contribution >= 4 is 23.4 Å². The topological polar surface area (TPSA) is 73.0 Å². The monoisotopic (exact) mass is 342 g/mol. The van der Waals surface area contributed by atoms with Crippen LogP contribution < -0.4 is 10.2 Å². The Labute approximate surface area is 146 Å². The largest absolute Gasteiger partial charge is 0.369 e. The summed E-state index contributed by atoms with van der Waals surface area (Å²) < 4.78 is 0. The molecule has 1 atom stereocenters. The number of likely N-dealkylation sites (N-methyl/N-ethyl adjacent to an activating group) is 1. The van der Waals surface area contributed by atoms with Crippen LogP contribution in [0.3, 0.4) is 0 Å². The highest BCUT2D eigenvalue weighted by atomic mass is 16.2. The summed E-state index contributed by atoms with van der Waals surface area (Å²) in [5.74, 6) is -0.734. The van der Waals surface area contributed by atoms with Crippen LogP contribution in [0, 0.1) is 0 Å². The van der Waals surface area contributed by atoms with Crippen molar-refractivity contribution in [3.05, 3.63) is 29.3 Å². The molecule has 2 saturated heterocycles. The number of nitrogens with zero attached hydrogens (tertiary/aromatic N) is 3. The number of nitrogens with one attached hydrogen (secondary N) is 1. The number of hydrogen-bond donors (Lipinski definition) is 1. The van der Waals surface area contributed by atoms with Gasteiger partial charge in [-0.3, -0.25) is 19.7 Å². The molecule has 25 heavy (non-hydrogen) atoms. The summed E-state index contributed by atoms with van der Waals surface area (Å²) in [6, 6.07) is 5.25. The number of rotatable bonds is 2. The second-order valence-electron chi connectivity index (χ2n) is 6.99. The molecule has 7 heteroatoms. The molecule has 0 saturated carbocycles. The first-order valence-corrected chi connectivity index (χ1v) is 8.74. The Kier molecular flexibility index (Phi) is 3.95. The third-order valence-electron chi connectivity index (χ3n) is 5.40. The van der Waals surface area contributed by atoms with E-state index in [1.54, 1.807) is 4.90 Å². The summed E-state index contributed by atoms with van der Waals surface area (Å²) in [6.07, 6.45) is 0.677. The van der Waals surface area contributed by atoms with Crippen LogP contribution in [0.2, 0.25) is 0 Å². The van der Waals surface area contributed by atoms with Gasteiger partial charge in [0.2, 0.25) is 11.8 Å². The predicted octanol–water partition coefficient (Wildman–Crippen LogP) is 0.199. The number of imide groups is 1. The normalized spacial score (nSPS) is 24.5. The summed E-state index contributed by atoms with van der Waals surface area (Å²) in [4.78, 5) is 42.6. The van der Waals surface area contributed by atoms with Gasteiger partial charge in [0.15, 0.2) is 0 Å². The summed E-state index contributed by atoms with van der Waals surface area (Å²) in [6.45, 7) is 4.28. The molecule has 3 aliphatic heterocycles. The molecule has 0 bridgehead atoms. The van der Waals surface area contributed by atoms with Crippen molar-refractivity contribution in [2.45, 2.75) is 25.4 Å². The smallest absolute Gasteiger partial charge is 0.255 e. The average Bonchev–Trinajstić information content (AvgIpc) is 2.93. The molecule has 0 aromatic heterocycles. The molecule has 0 radical (unpaired) electrons. The highest BCUT2D eigenvalue weighted by Gasteiger charge is 2.40. The molecular formula is C18H22N4O3. The third kappa shape index (κ3) is 2.78. The van der Waals surface area contributed by atoms with Gasteiger partial charge in [0.05, 0.1) is 0 Å². The van der Waals surface area contributed by atoms with Crippen LogP contribution in [0.4, 0.5) is 5.69 Å². The van der Waals surface area contributed by atoms with Gasteiger partial charge in [-0.05, 0) is 25.6 Å². The average molecular weight is 342 g/mol. The third-order valence-corrected chi connectivity index (χ3v) is 5.40. The summed E-state index contributed by atoms with van der Waals surface area (Å²) >= 11 is 0. The highest BCUT2D eigenvalue weighted by molar-refractivity contribution is 6.06. The van der Waals surface area contributed by atoms with Crippen molar-refractivity contribution in [1.82, 2.24) is 15.1 Å². The fourth-order valence-electron chi connectivity index (χ4n) is 3.91. The fourth-order valence-corrected chi connectivity index (χ4v) is 3.91. The molecular weight excluding hydrogens is 320 g/mol. The molecule has 3 aliphatic rings. The van der Waals surface area contributed by atoms with Crippen LogP contribution in [0.15, 0.2) is 18.2 Å². The van der Waals surface area contributed by atoms with Crippen molar-refractivity contribution in [1.29, 1.82) is 0 Å². The van der Waals surface area contributed by atoms with Crippen LogP contribution in [0.1, 0.15) is 28.8 Å². The van der Waals surface area contributed by atoms with E-state index < -0.39 is 6.04 Å². The number of anilines is 1. The zero-order valence-electron chi connectivity index (χ0n) is 14.3. The van der Waals surface area contributed by atoms with Crippen LogP contribution in [0.5, 0.6) is 0 Å². The zero-order valence-corrected chi connectivity index (χ0v) is 14.3. The zero-order chi connectivity index (χ0) is 17.6. The second-order valence-corrected chi connectivity index (χ2v) is 6.99. The van der Waals surface area contributed by atoms with Crippen LogP contribution in [-0.2, 0) is 16.1 Å². The SMILES string of the molecule is CN1CCN(c2cccc3c2CN(C2CCC(=O)NC2=O)C3=O)CC1. The standard InChI is InChI=1S/C18H22N4O3/c1-20-7-9-21(10-8-20)14-4-2-3-12-13(14)11-22(18(12)25)15-5-6-16(23)19-17(15)24/h2-4,15H,5-11H2,1H3,(H,19,23,24). The Morgan fingerprint density at radius 1 is 1.08 bits per heavy atom. The number of benzene rings is 1. The van der Waals surface area contributed by atoms with Gasteiger partial charge in [-0.2, -0.15) is 0 Å². The van der Waals surface area contributed by atoms with Crippen LogP contribution in [0.25, 0.3) is 0 Å². The number of fused-ring (bicyclic) bond motifs is 1. The molecule has 1 aromatic rings. The maximum Gasteiger partial charge on any atom is 0.255 e. The van der Waals surface area contributed by atoms with Gasteiger partial charge >= 0.3 is 0 Å². The number of amides is 3. The van der Waals surface area contributed by atoms with E-state index in [0.29, 0.717) is 18.5 Å². The Bertz CT molecular complexity index is 740. The van der Waals surface area contributed by atoms with Gasteiger partial charge in [0, 0.05) is 56.0 Å². The van der Waals surface area contributed by atoms with Crippen molar-refractivity contribution in [2.75, 3.05) is 38.1 Å². The molecule has 7 nitrogen and oxygen atoms in total. The first kappa shape index (κ1) is 16.1. The van der Waals surface area contributed by atoms with E-state index in [-0.39, 0.29) is 24.1 Å². The molecule has 1 N–H and O–H groups in total. The maximum atomic E-state index is 12.8. The van der Waals surface area contributed by atoms with E-state index in [1.807, 2.05) is 12.1 Å². The van der Waals surface area contributed by atoms with Crippen molar-refractivity contribution in [3.63, 3.8) is 0 Å². The minimum Gasteiger partial charge on any atom is -0.369 e. The number of carbonyl (C=O) groups is 3. The lowest BCUT2D eigenvalue weighted by molar-refractivity contribution is -0.136. The van der Waals surface area contributed by atoms with Gasteiger partial charge in [-0.1, -0.05) is 6.07 Å². The molecule has 0 aliphatic carbocycles. The van der Waals surface area contributed by atoms with Crippen LogP contribution in [-0.4, -0.2) is 66.8 Å². The Morgan fingerprint density at radius 2 is 1.84 bits per heavy atom. The number of piperazine rings is 1. The van der Waals surface area contributed by atoms with E-state index in [1.165, 1.54) is 0 Å². The van der Waals surface area contributed by atoms with Crippen LogP contribution >= 0.6 is 0 Å². The van der Waals surface area contributed by atoms with Gasteiger partial charge in [0.1, 0.15) is 6.04 Å². The lowest BCUT2D eigenvalue weighted by Gasteiger charge is -2.35. The van der Waals surface area contributed by atoms with E-state index in [2.05, 4.69) is 28.2 Å². The number of hydrogen-bond acceptors (Lipinski definition) is 5. The maximum absolute atomic E-state index is 12.8. The predicted molar refractivity (Wildman–Crippen MR) is 92.2 cm³/mol. The van der Waals surface area contributed by atoms with Gasteiger partial charge < -0.3 is 14.7 Å². The lowest BCUT2D eigenvalue weighted by Crippen LogP contribution is -2.52. The van der Waals surface area contributed by atoms with E-state index in [0.717, 1.165) is 37.4 Å². The molecule has 2 fully saturated rings. The van der Waals surface area contributed by atoms with Gasteiger partial charge in [0.25, 0.3) is 5.91 Å². The fraction of sp³-hybridized carbons (Fsp3) is 0.500. The summed E-state index contributed by atoms with van der Waals surface area (Å²) in [5, 5.41) is 2.35. The lowest BCUT2D eigenvalue weighted by atomic mass is 10.0.